The van der Waals surface area contributed by atoms with Crippen LogP contribution in [0.3, 0.4) is 0 Å². The van der Waals surface area contributed by atoms with Crippen LogP contribution >= 0.6 is 23.2 Å². The fourth-order valence-corrected chi connectivity index (χ4v) is 4.44. The van der Waals surface area contributed by atoms with E-state index in [0.717, 1.165) is 35.6 Å². The van der Waals surface area contributed by atoms with Crippen molar-refractivity contribution in [3.05, 3.63) is 97.0 Å². The molecule has 10 heteroatoms. The third-order valence-corrected chi connectivity index (χ3v) is 5.91. The number of nitro groups is 1. The highest BCUT2D eigenvalue weighted by Crippen LogP contribution is 2.40. The Labute approximate surface area is 197 Å². The van der Waals surface area contributed by atoms with Gasteiger partial charge in [-0.05, 0) is 47.4 Å². The van der Waals surface area contributed by atoms with Crippen LogP contribution in [0.1, 0.15) is 22.7 Å². The third-order valence-electron chi connectivity index (χ3n) is 5.35. The summed E-state index contributed by atoms with van der Waals surface area (Å²) < 4.78 is 32.9. The summed E-state index contributed by atoms with van der Waals surface area (Å²) in [6.45, 7) is 0.695. The van der Waals surface area contributed by atoms with Gasteiger partial charge in [0.05, 0.1) is 21.0 Å². The van der Waals surface area contributed by atoms with Gasteiger partial charge in [0, 0.05) is 31.3 Å². The van der Waals surface area contributed by atoms with Gasteiger partial charge in [-0.1, -0.05) is 29.3 Å². The number of carbonyl (C=O) groups excluding carboxylic acids is 1. The first kappa shape index (κ1) is 23.1. The second kappa shape index (κ2) is 9.43. The van der Waals surface area contributed by atoms with E-state index in [-0.39, 0.29) is 28.0 Å². The number of aldehydes is 1. The molecule has 170 valence electrons. The number of hydrogen-bond donors (Lipinski definition) is 0. The van der Waals surface area contributed by atoms with E-state index in [4.69, 9.17) is 27.9 Å². The molecule has 0 spiro atoms. The van der Waals surface area contributed by atoms with Gasteiger partial charge in [-0.15, -0.1) is 0 Å². The van der Waals surface area contributed by atoms with Crippen LogP contribution in [0.5, 0.6) is 11.5 Å². The van der Waals surface area contributed by atoms with Gasteiger partial charge in [0.2, 0.25) is 0 Å². The molecule has 1 aliphatic rings. The molecule has 0 bridgehead atoms. The topological polar surface area (TPSA) is 72.7 Å². The Bertz CT molecular complexity index is 1210. The number of non-ortho nitro benzene ring substituents is 1. The largest absolute Gasteiger partial charge is 0.454 e. The van der Waals surface area contributed by atoms with Gasteiger partial charge >= 0.3 is 0 Å². The van der Waals surface area contributed by atoms with Crippen molar-refractivity contribution >= 4 is 35.2 Å². The molecule has 0 saturated heterocycles. The SMILES string of the molecule is O=CC1c2ccc(Oc3c(Cl)cc([N+](=O)[O-])cc3Cl)cc2CCN1Cc1cc(F)cc(F)c1. The Morgan fingerprint density at radius 3 is 2.36 bits per heavy atom. The zero-order valence-corrected chi connectivity index (χ0v) is 18.4. The first-order chi connectivity index (χ1) is 15.7. The van der Waals surface area contributed by atoms with Crippen LogP contribution in [-0.4, -0.2) is 22.7 Å². The van der Waals surface area contributed by atoms with E-state index in [1.165, 1.54) is 12.1 Å². The number of rotatable bonds is 6. The maximum absolute atomic E-state index is 13.5. The maximum atomic E-state index is 13.5. The highest BCUT2D eigenvalue weighted by atomic mass is 35.5. The summed E-state index contributed by atoms with van der Waals surface area (Å²) in [6.07, 6.45) is 1.36. The molecule has 0 amide bonds. The summed E-state index contributed by atoms with van der Waals surface area (Å²) in [6, 6.07) is 10.1. The molecule has 0 fully saturated rings. The van der Waals surface area contributed by atoms with E-state index in [1.54, 1.807) is 18.2 Å². The van der Waals surface area contributed by atoms with E-state index in [9.17, 15) is 23.7 Å². The zero-order chi connectivity index (χ0) is 23.7. The molecule has 4 rings (SSSR count). The fraction of sp³-hybridized carbons (Fsp3) is 0.174. The molecule has 0 aliphatic carbocycles. The molecule has 0 radical (unpaired) electrons. The summed E-state index contributed by atoms with van der Waals surface area (Å²) in [5.74, 6) is -0.857. The van der Waals surface area contributed by atoms with Crippen molar-refractivity contribution in [1.29, 1.82) is 0 Å². The number of carbonyl (C=O) groups is 1. The maximum Gasteiger partial charge on any atom is 0.272 e. The zero-order valence-electron chi connectivity index (χ0n) is 16.9. The van der Waals surface area contributed by atoms with Gasteiger partial charge in [0.15, 0.2) is 5.75 Å². The third kappa shape index (κ3) is 4.98. The van der Waals surface area contributed by atoms with Crippen molar-refractivity contribution in [3.8, 4) is 11.5 Å². The van der Waals surface area contributed by atoms with Crippen molar-refractivity contribution in [2.24, 2.45) is 0 Å². The summed E-state index contributed by atoms with van der Waals surface area (Å²) >= 11 is 12.2. The molecule has 0 N–H and O–H groups in total. The van der Waals surface area contributed by atoms with Crippen LogP contribution in [0.4, 0.5) is 14.5 Å². The fourth-order valence-electron chi connectivity index (χ4n) is 3.89. The first-order valence-corrected chi connectivity index (χ1v) is 10.6. The molecule has 1 heterocycles. The predicted octanol–water partition coefficient (Wildman–Crippen LogP) is 6.27. The summed E-state index contributed by atoms with van der Waals surface area (Å²) in [7, 11) is 0. The van der Waals surface area contributed by atoms with Crippen LogP contribution in [-0.2, 0) is 17.8 Å². The normalized spacial score (nSPS) is 15.7. The van der Waals surface area contributed by atoms with Crippen molar-refractivity contribution in [3.63, 3.8) is 0 Å². The molecular weight excluding hydrogens is 477 g/mol. The number of fused-ring (bicyclic) bond motifs is 1. The number of halogens is 4. The Morgan fingerprint density at radius 2 is 1.76 bits per heavy atom. The lowest BCUT2D eigenvalue weighted by molar-refractivity contribution is -0.384. The molecule has 3 aromatic carbocycles. The van der Waals surface area contributed by atoms with Gasteiger partial charge in [-0.2, -0.15) is 0 Å². The highest BCUT2D eigenvalue weighted by Gasteiger charge is 2.28. The number of ether oxygens (including phenoxy) is 1. The average Bonchev–Trinajstić information content (AvgIpc) is 2.75. The smallest absolute Gasteiger partial charge is 0.272 e. The minimum atomic E-state index is -0.671. The van der Waals surface area contributed by atoms with E-state index < -0.39 is 22.6 Å². The molecule has 1 atom stereocenters. The first-order valence-electron chi connectivity index (χ1n) is 9.83. The lowest BCUT2D eigenvalue weighted by Crippen LogP contribution is -2.35. The Morgan fingerprint density at radius 1 is 1.09 bits per heavy atom. The number of hydrogen-bond acceptors (Lipinski definition) is 5. The molecule has 0 saturated carbocycles. The molecule has 1 unspecified atom stereocenters. The molecule has 6 nitrogen and oxygen atoms in total. The van der Waals surface area contributed by atoms with Gasteiger partial charge < -0.3 is 9.53 Å². The molecule has 3 aromatic rings. The van der Waals surface area contributed by atoms with E-state index >= 15 is 0 Å². The monoisotopic (exact) mass is 492 g/mol. The second-order valence-corrected chi connectivity index (χ2v) is 8.35. The molecule has 1 aliphatic heterocycles. The van der Waals surface area contributed by atoms with E-state index in [2.05, 4.69) is 0 Å². The highest BCUT2D eigenvalue weighted by molar-refractivity contribution is 6.37. The lowest BCUT2D eigenvalue weighted by Gasteiger charge is -2.34. The summed E-state index contributed by atoms with van der Waals surface area (Å²) in [5, 5.41) is 10.9. The van der Waals surface area contributed by atoms with E-state index in [1.807, 2.05) is 4.90 Å². The predicted molar refractivity (Wildman–Crippen MR) is 119 cm³/mol. The summed E-state index contributed by atoms with van der Waals surface area (Å²) in [4.78, 5) is 24.1. The van der Waals surface area contributed by atoms with Crippen LogP contribution in [0, 0.1) is 21.7 Å². The second-order valence-electron chi connectivity index (χ2n) is 7.54. The molecule has 0 aromatic heterocycles. The van der Waals surface area contributed by atoms with Crippen LogP contribution in [0.2, 0.25) is 10.0 Å². The summed E-state index contributed by atoms with van der Waals surface area (Å²) in [5.41, 5.74) is 1.79. The van der Waals surface area contributed by atoms with Gasteiger partial charge in [-0.3, -0.25) is 15.0 Å². The Balaban J connectivity index is 1.57. The standard InChI is InChI=1S/C23H16Cl2F2N2O4/c24-20-9-17(29(31)32)10-21(25)23(20)33-18-1-2-19-14(7-18)3-4-28(22(19)12-30)11-13-5-15(26)8-16(27)6-13/h1-2,5-10,12,22H,3-4,11H2. The average molecular weight is 493 g/mol. The Hall–Kier alpha value is -3.07. The number of benzene rings is 3. The van der Waals surface area contributed by atoms with Crippen LogP contribution < -0.4 is 4.74 Å². The van der Waals surface area contributed by atoms with Crippen molar-refractivity contribution < 1.29 is 23.2 Å². The quantitative estimate of drug-likeness (QED) is 0.230. The van der Waals surface area contributed by atoms with Gasteiger partial charge in [0.1, 0.15) is 23.7 Å². The van der Waals surface area contributed by atoms with Gasteiger partial charge in [-0.25, -0.2) is 8.78 Å². The lowest BCUT2D eigenvalue weighted by atomic mass is 9.92. The molecular formula is C23H16Cl2F2N2O4. The Kier molecular flexibility index (Phi) is 6.60. The van der Waals surface area contributed by atoms with Crippen molar-refractivity contribution in [2.45, 2.75) is 19.0 Å². The number of nitrogens with zero attached hydrogens (tertiary/aromatic N) is 2. The van der Waals surface area contributed by atoms with E-state index in [0.29, 0.717) is 24.3 Å². The minimum Gasteiger partial charge on any atom is -0.454 e. The number of nitro benzene ring substituents is 1. The minimum absolute atomic E-state index is 0.00816. The van der Waals surface area contributed by atoms with Crippen LogP contribution in [0.25, 0.3) is 0 Å². The van der Waals surface area contributed by atoms with Crippen LogP contribution in [0.15, 0.2) is 48.5 Å². The van der Waals surface area contributed by atoms with Gasteiger partial charge in [0.25, 0.3) is 5.69 Å². The van der Waals surface area contributed by atoms with Crippen molar-refractivity contribution in [2.75, 3.05) is 6.54 Å². The molecule has 33 heavy (non-hydrogen) atoms. The van der Waals surface area contributed by atoms with Crippen molar-refractivity contribution in [1.82, 2.24) is 4.90 Å².